The summed E-state index contributed by atoms with van der Waals surface area (Å²) in [5.74, 6) is -0.417. The molecule has 0 aromatic heterocycles. The van der Waals surface area contributed by atoms with Gasteiger partial charge < -0.3 is 5.32 Å². The zero-order valence-corrected chi connectivity index (χ0v) is 18.9. The van der Waals surface area contributed by atoms with Crippen LogP contribution in [-0.4, -0.2) is 26.6 Å². The highest BCUT2D eigenvalue weighted by Gasteiger charge is 2.31. The average molecular weight is 455 g/mol. The maximum atomic E-state index is 12.9. The monoisotopic (exact) mass is 454 g/mol. The summed E-state index contributed by atoms with van der Waals surface area (Å²) in [6.07, 6.45) is 4.34. The van der Waals surface area contributed by atoms with Crippen LogP contribution in [0.25, 0.3) is 0 Å². The quantitative estimate of drug-likeness (QED) is 0.697. The largest absolute Gasteiger partial charge is 0.348 e. The topological polar surface area (TPSA) is 66.5 Å². The van der Waals surface area contributed by atoms with Gasteiger partial charge in [0.15, 0.2) is 0 Å². The van der Waals surface area contributed by atoms with Crippen LogP contribution in [0.3, 0.4) is 0 Å². The van der Waals surface area contributed by atoms with E-state index in [2.05, 4.69) is 17.4 Å². The van der Waals surface area contributed by atoms with Crippen molar-refractivity contribution in [1.82, 2.24) is 5.32 Å². The molecule has 0 bridgehead atoms. The van der Waals surface area contributed by atoms with E-state index in [0.717, 1.165) is 35.4 Å². The number of hydrogen-bond donors (Lipinski definition) is 1. The number of carbonyl (C=O) groups is 1. The molecule has 1 aliphatic rings. The number of hydrogen-bond acceptors (Lipinski definition) is 3. The molecule has 2 aromatic rings. The minimum atomic E-state index is -3.78. The highest BCUT2D eigenvalue weighted by atomic mass is 35.5. The maximum absolute atomic E-state index is 12.9. The van der Waals surface area contributed by atoms with Gasteiger partial charge in [0, 0.05) is 5.02 Å². The molecule has 0 fully saturated rings. The highest BCUT2D eigenvalue weighted by molar-refractivity contribution is 7.92. The van der Waals surface area contributed by atoms with E-state index in [9.17, 15) is 13.2 Å². The number of nitrogens with zero attached hydrogens (tertiary/aromatic N) is 1. The Morgan fingerprint density at radius 1 is 1.07 bits per heavy atom. The lowest BCUT2D eigenvalue weighted by molar-refractivity contribution is -0.122. The third kappa shape index (κ3) is 4.87. The molecule has 8 heteroatoms. The molecule has 1 amide bonds. The van der Waals surface area contributed by atoms with Gasteiger partial charge in [-0.1, -0.05) is 41.4 Å². The Morgan fingerprint density at radius 2 is 1.76 bits per heavy atom. The van der Waals surface area contributed by atoms with Crippen LogP contribution in [0.5, 0.6) is 0 Å². The number of nitrogens with one attached hydrogen (secondary N) is 1. The summed E-state index contributed by atoms with van der Waals surface area (Å²) < 4.78 is 25.9. The number of rotatable bonds is 6. The normalized spacial score (nSPS) is 15.5. The van der Waals surface area contributed by atoms with Gasteiger partial charge in [-0.25, -0.2) is 8.42 Å². The Balaban J connectivity index is 1.83. The number of fused-ring (bicyclic) bond motifs is 1. The molecule has 0 unspecified atom stereocenters. The molecule has 29 heavy (non-hydrogen) atoms. The molecule has 5 nitrogen and oxygen atoms in total. The first-order chi connectivity index (χ1) is 13.6. The Bertz CT molecular complexity index is 1040. The van der Waals surface area contributed by atoms with Gasteiger partial charge >= 0.3 is 0 Å². The van der Waals surface area contributed by atoms with E-state index in [-0.39, 0.29) is 16.8 Å². The summed E-state index contributed by atoms with van der Waals surface area (Å²) in [6.45, 7) is 3.42. The standard InChI is InChI=1S/C21H24Cl2N2O3S/c1-13(16-8-7-15-5-4-6-17(15)11-16)24-21(26)14(2)25(29(3,27)28)20-12-18(22)9-10-19(20)23/h7-14H,4-6H2,1-3H3,(H,24,26)/t13-,14-/m1/s1. The van der Waals surface area contributed by atoms with Crippen molar-refractivity contribution < 1.29 is 13.2 Å². The summed E-state index contributed by atoms with van der Waals surface area (Å²) in [5, 5.41) is 3.45. The second-order valence-corrected chi connectivity index (χ2v) is 10.1. The molecule has 0 saturated carbocycles. The van der Waals surface area contributed by atoms with Crippen LogP contribution in [0, 0.1) is 0 Å². The van der Waals surface area contributed by atoms with Crippen LogP contribution in [0.2, 0.25) is 10.0 Å². The van der Waals surface area contributed by atoms with E-state index in [1.54, 1.807) is 6.07 Å². The first kappa shape index (κ1) is 21.9. The van der Waals surface area contributed by atoms with Gasteiger partial charge in [-0.05, 0) is 68.0 Å². The summed E-state index contributed by atoms with van der Waals surface area (Å²) >= 11 is 12.2. The van der Waals surface area contributed by atoms with E-state index >= 15 is 0 Å². The molecule has 0 aliphatic heterocycles. The van der Waals surface area contributed by atoms with E-state index in [1.807, 2.05) is 13.0 Å². The number of sulfonamides is 1. The highest BCUT2D eigenvalue weighted by Crippen LogP contribution is 2.32. The number of benzene rings is 2. The van der Waals surface area contributed by atoms with Crippen molar-refractivity contribution in [2.24, 2.45) is 0 Å². The number of anilines is 1. The maximum Gasteiger partial charge on any atom is 0.244 e. The molecular formula is C21H24Cl2N2O3S. The van der Waals surface area contributed by atoms with Gasteiger partial charge in [0.1, 0.15) is 6.04 Å². The van der Waals surface area contributed by atoms with Crippen molar-refractivity contribution >= 4 is 44.8 Å². The number of halogens is 2. The Labute approximate surface area is 182 Å². The van der Waals surface area contributed by atoms with Gasteiger partial charge in [0.2, 0.25) is 15.9 Å². The second-order valence-electron chi connectivity index (χ2n) is 7.44. The number of aryl methyl sites for hydroxylation is 2. The summed E-state index contributed by atoms with van der Waals surface area (Å²) in [6, 6.07) is 9.51. The number of carbonyl (C=O) groups excluding carboxylic acids is 1. The van der Waals surface area contributed by atoms with Gasteiger partial charge in [-0.15, -0.1) is 0 Å². The zero-order chi connectivity index (χ0) is 21.3. The van der Waals surface area contributed by atoms with Crippen molar-refractivity contribution in [3.8, 4) is 0 Å². The van der Waals surface area contributed by atoms with Gasteiger partial charge in [-0.2, -0.15) is 0 Å². The molecule has 0 saturated heterocycles. The summed E-state index contributed by atoms with van der Waals surface area (Å²) in [5.41, 5.74) is 3.85. The van der Waals surface area contributed by atoms with Crippen LogP contribution in [0.15, 0.2) is 36.4 Å². The predicted molar refractivity (Wildman–Crippen MR) is 118 cm³/mol. The van der Waals surface area contributed by atoms with Crippen molar-refractivity contribution in [1.29, 1.82) is 0 Å². The summed E-state index contributed by atoms with van der Waals surface area (Å²) in [7, 11) is -3.78. The van der Waals surface area contributed by atoms with E-state index in [1.165, 1.54) is 30.2 Å². The van der Waals surface area contributed by atoms with Crippen LogP contribution in [0.1, 0.15) is 43.0 Å². The molecule has 2 atom stereocenters. The van der Waals surface area contributed by atoms with Crippen molar-refractivity contribution in [3.63, 3.8) is 0 Å². The van der Waals surface area contributed by atoms with Gasteiger partial charge in [-0.3, -0.25) is 9.10 Å². The molecule has 3 rings (SSSR count). The Hall–Kier alpha value is -1.76. The van der Waals surface area contributed by atoms with E-state index in [4.69, 9.17) is 23.2 Å². The fourth-order valence-corrected chi connectivity index (χ4v) is 5.32. The minimum Gasteiger partial charge on any atom is -0.348 e. The zero-order valence-electron chi connectivity index (χ0n) is 16.6. The lowest BCUT2D eigenvalue weighted by atomic mass is 10.0. The molecule has 2 aromatic carbocycles. The van der Waals surface area contributed by atoms with Gasteiger partial charge in [0.05, 0.1) is 23.0 Å². The lowest BCUT2D eigenvalue weighted by Gasteiger charge is -2.30. The molecule has 1 aliphatic carbocycles. The van der Waals surface area contributed by atoms with Crippen LogP contribution in [0.4, 0.5) is 5.69 Å². The number of amides is 1. The van der Waals surface area contributed by atoms with E-state index in [0.29, 0.717) is 5.02 Å². The third-order valence-corrected chi connectivity index (χ3v) is 7.00. The lowest BCUT2D eigenvalue weighted by Crippen LogP contribution is -2.48. The smallest absolute Gasteiger partial charge is 0.244 e. The first-order valence-electron chi connectivity index (χ1n) is 9.44. The molecule has 0 radical (unpaired) electrons. The fraction of sp³-hybridized carbons (Fsp3) is 0.381. The Morgan fingerprint density at radius 3 is 2.45 bits per heavy atom. The third-order valence-electron chi connectivity index (χ3n) is 5.22. The van der Waals surface area contributed by atoms with Crippen LogP contribution >= 0.6 is 23.2 Å². The minimum absolute atomic E-state index is 0.175. The Kier molecular flexibility index (Phi) is 6.46. The van der Waals surface area contributed by atoms with Gasteiger partial charge in [0.25, 0.3) is 0 Å². The van der Waals surface area contributed by atoms with Crippen LogP contribution < -0.4 is 9.62 Å². The molecular weight excluding hydrogens is 431 g/mol. The molecule has 156 valence electrons. The van der Waals surface area contributed by atoms with Crippen LogP contribution in [-0.2, 0) is 27.7 Å². The molecule has 0 spiro atoms. The fourth-order valence-electron chi connectivity index (χ4n) is 3.71. The molecule has 1 N–H and O–H groups in total. The first-order valence-corrected chi connectivity index (χ1v) is 12.0. The molecule has 0 heterocycles. The van der Waals surface area contributed by atoms with Crippen molar-refractivity contribution in [2.45, 2.75) is 45.2 Å². The average Bonchev–Trinajstić information content (AvgIpc) is 3.11. The predicted octanol–water partition coefficient (Wildman–Crippen LogP) is 4.51. The second kappa shape index (κ2) is 8.54. The SMILES string of the molecule is C[C@H](C(=O)N[C@H](C)c1ccc2c(c1)CCC2)N(c1cc(Cl)ccc1Cl)S(C)(=O)=O. The summed E-state index contributed by atoms with van der Waals surface area (Å²) in [4.78, 5) is 12.9. The van der Waals surface area contributed by atoms with E-state index < -0.39 is 22.0 Å². The van der Waals surface area contributed by atoms with Crippen molar-refractivity contribution in [3.05, 3.63) is 63.1 Å². The van der Waals surface area contributed by atoms with Crippen molar-refractivity contribution in [2.75, 3.05) is 10.6 Å².